The first kappa shape index (κ1) is 12.7. The quantitative estimate of drug-likeness (QED) is 0.677. The number of Topliss-reactive ketones (excluding diaryl/α,β-unsaturated/α-hetero) is 1. The van der Waals surface area contributed by atoms with E-state index in [2.05, 4.69) is 10.6 Å². The molecule has 0 saturated carbocycles. The van der Waals surface area contributed by atoms with Crippen LogP contribution in [0, 0.1) is 0 Å². The Morgan fingerprint density at radius 3 is 2.72 bits per heavy atom. The van der Waals surface area contributed by atoms with Crippen molar-refractivity contribution < 1.29 is 14.7 Å². The minimum atomic E-state index is -1.01. The zero-order chi connectivity index (χ0) is 13.0. The first-order valence-electron chi connectivity index (χ1n) is 5.97. The molecule has 0 amide bonds. The maximum Gasteiger partial charge on any atom is 0.335 e. The summed E-state index contributed by atoms with van der Waals surface area (Å²) in [5.41, 5.74) is 0.609. The average Bonchev–Trinajstić information content (AvgIpc) is 2.40. The summed E-state index contributed by atoms with van der Waals surface area (Å²) in [5.74, 6) is -1.04. The summed E-state index contributed by atoms with van der Waals surface area (Å²) in [6, 6.07) is 6.30. The minimum Gasteiger partial charge on any atom is -0.478 e. The van der Waals surface area contributed by atoms with Gasteiger partial charge in [-0.05, 0) is 12.1 Å². The predicted molar refractivity (Wildman–Crippen MR) is 67.0 cm³/mol. The van der Waals surface area contributed by atoms with Crippen LogP contribution in [0.5, 0.6) is 0 Å². The van der Waals surface area contributed by atoms with E-state index in [0.29, 0.717) is 12.0 Å². The van der Waals surface area contributed by atoms with Crippen molar-refractivity contribution in [2.24, 2.45) is 0 Å². The van der Waals surface area contributed by atoms with Gasteiger partial charge in [-0.2, -0.15) is 0 Å². The highest BCUT2D eigenvalue weighted by molar-refractivity contribution is 5.99. The molecule has 2 rings (SSSR count). The molecule has 1 aromatic rings. The second-order valence-corrected chi connectivity index (χ2v) is 4.37. The molecule has 18 heavy (non-hydrogen) atoms. The molecular weight excluding hydrogens is 232 g/mol. The molecule has 1 atom stereocenters. The third-order valence-corrected chi connectivity index (χ3v) is 2.99. The van der Waals surface area contributed by atoms with Gasteiger partial charge < -0.3 is 15.7 Å². The number of piperazine rings is 1. The Morgan fingerprint density at radius 2 is 2.06 bits per heavy atom. The van der Waals surface area contributed by atoms with Gasteiger partial charge in [0, 0.05) is 37.7 Å². The molecule has 1 fully saturated rings. The molecule has 3 N–H and O–H groups in total. The fourth-order valence-corrected chi connectivity index (χ4v) is 2.02. The van der Waals surface area contributed by atoms with Crippen molar-refractivity contribution in [1.82, 2.24) is 10.6 Å². The fourth-order valence-electron chi connectivity index (χ4n) is 2.02. The summed E-state index contributed by atoms with van der Waals surface area (Å²) < 4.78 is 0. The highest BCUT2D eigenvalue weighted by Crippen LogP contribution is 2.10. The third-order valence-electron chi connectivity index (χ3n) is 2.99. The number of hydrogen-bond acceptors (Lipinski definition) is 4. The Bertz CT molecular complexity index is 453. The van der Waals surface area contributed by atoms with Crippen molar-refractivity contribution in [3.63, 3.8) is 0 Å². The number of rotatable bonds is 4. The van der Waals surface area contributed by atoms with Crippen molar-refractivity contribution in [3.8, 4) is 0 Å². The van der Waals surface area contributed by atoms with E-state index in [4.69, 9.17) is 5.11 Å². The van der Waals surface area contributed by atoms with Crippen molar-refractivity contribution in [1.29, 1.82) is 0 Å². The molecule has 1 aliphatic rings. The van der Waals surface area contributed by atoms with Crippen LogP contribution in [-0.2, 0) is 0 Å². The van der Waals surface area contributed by atoms with Crippen LogP contribution in [0.3, 0.4) is 0 Å². The predicted octanol–water partition coefficient (Wildman–Crippen LogP) is 0.519. The molecule has 1 aliphatic heterocycles. The lowest BCUT2D eigenvalue weighted by molar-refractivity contribution is 0.0697. The average molecular weight is 248 g/mol. The molecule has 96 valence electrons. The van der Waals surface area contributed by atoms with Crippen LogP contribution in [0.4, 0.5) is 0 Å². The van der Waals surface area contributed by atoms with Crippen molar-refractivity contribution >= 4 is 11.8 Å². The molecule has 0 aromatic heterocycles. The largest absolute Gasteiger partial charge is 0.478 e. The molecule has 5 heteroatoms. The van der Waals surface area contributed by atoms with Crippen LogP contribution < -0.4 is 10.6 Å². The van der Waals surface area contributed by atoms with Gasteiger partial charge in [0.15, 0.2) is 5.78 Å². The molecule has 5 nitrogen and oxygen atoms in total. The number of carbonyl (C=O) groups is 2. The van der Waals surface area contributed by atoms with Gasteiger partial charge in [-0.3, -0.25) is 4.79 Å². The van der Waals surface area contributed by atoms with Gasteiger partial charge in [0.05, 0.1) is 5.56 Å². The monoisotopic (exact) mass is 248 g/mol. The van der Waals surface area contributed by atoms with E-state index in [0.717, 1.165) is 19.6 Å². The molecule has 1 heterocycles. The Morgan fingerprint density at radius 1 is 1.28 bits per heavy atom. The summed E-state index contributed by atoms with van der Waals surface area (Å²) >= 11 is 0. The minimum absolute atomic E-state index is 0.0284. The third kappa shape index (κ3) is 3.15. The molecule has 1 saturated heterocycles. The second-order valence-electron chi connectivity index (χ2n) is 4.37. The maximum atomic E-state index is 12.0. The second kappa shape index (κ2) is 5.75. The summed E-state index contributed by atoms with van der Waals surface area (Å²) in [5, 5.41) is 15.3. The number of hydrogen-bond donors (Lipinski definition) is 3. The Kier molecular flexibility index (Phi) is 4.07. The summed E-state index contributed by atoms with van der Waals surface area (Å²) in [6.07, 6.45) is 0.385. The number of ketones is 1. The first-order chi connectivity index (χ1) is 8.66. The Labute approximate surface area is 105 Å². The van der Waals surface area contributed by atoms with Gasteiger partial charge in [0.2, 0.25) is 0 Å². The lowest BCUT2D eigenvalue weighted by atomic mass is 10.0. The molecule has 0 spiro atoms. The molecule has 1 unspecified atom stereocenters. The van der Waals surface area contributed by atoms with E-state index in [-0.39, 0.29) is 17.4 Å². The highest BCUT2D eigenvalue weighted by Gasteiger charge is 2.17. The molecule has 0 bridgehead atoms. The van der Waals surface area contributed by atoms with Crippen LogP contribution in [0.15, 0.2) is 24.3 Å². The van der Waals surface area contributed by atoms with Gasteiger partial charge in [-0.1, -0.05) is 12.1 Å². The normalized spacial score (nSPS) is 19.4. The zero-order valence-corrected chi connectivity index (χ0v) is 9.98. The molecule has 1 aromatic carbocycles. The summed E-state index contributed by atoms with van der Waals surface area (Å²) in [4.78, 5) is 22.9. The SMILES string of the molecule is O=C(O)c1cccc(C(=O)CC2CNCCN2)c1. The summed E-state index contributed by atoms with van der Waals surface area (Å²) in [6.45, 7) is 2.54. The number of carboxylic acid groups (broad SMARTS) is 1. The van der Waals surface area contributed by atoms with E-state index >= 15 is 0 Å². The Hall–Kier alpha value is -1.72. The van der Waals surface area contributed by atoms with Crippen molar-refractivity contribution in [3.05, 3.63) is 35.4 Å². The van der Waals surface area contributed by atoms with Crippen LogP contribution >= 0.6 is 0 Å². The molecule has 0 aliphatic carbocycles. The van der Waals surface area contributed by atoms with E-state index in [1.165, 1.54) is 12.1 Å². The number of benzene rings is 1. The number of aromatic carboxylic acids is 1. The first-order valence-corrected chi connectivity index (χ1v) is 5.97. The van der Waals surface area contributed by atoms with Crippen LogP contribution in [-0.4, -0.2) is 42.5 Å². The number of carbonyl (C=O) groups excluding carboxylic acids is 1. The molecular formula is C13H16N2O3. The lowest BCUT2D eigenvalue weighted by Crippen LogP contribution is -2.49. The zero-order valence-electron chi connectivity index (χ0n) is 9.98. The van der Waals surface area contributed by atoms with Crippen LogP contribution in [0.25, 0.3) is 0 Å². The van der Waals surface area contributed by atoms with E-state index in [1.807, 2.05) is 0 Å². The summed E-state index contributed by atoms with van der Waals surface area (Å²) in [7, 11) is 0. The molecule has 0 radical (unpaired) electrons. The van der Waals surface area contributed by atoms with Crippen molar-refractivity contribution in [2.75, 3.05) is 19.6 Å². The van der Waals surface area contributed by atoms with Crippen LogP contribution in [0.1, 0.15) is 27.1 Å². The van der Waals surface area contributed by atoms with Gasteiger partial charge in [0.25, 0.3) is 0 Å². The van der Waals surface area contributed by atoms with E-state index in [1.54, 1.807) is 12.1 Å². The van der Waals surface area contributed by atoms with Crippen molar-refractivity contribution in [2.45, 2.75) is 12.5 Å². The van der Waals surface area contributed by atoms with E-state index in [9.17, 15) is 9.59 Å². The number of carboxylic acids is 1. The van der Waals surface area contributed by atoms with Gasteiger partial charge >= 0.3 is 5.97 Å². The maximum absolute atomic E-state index is 12.0. The topological polar surface area (TPSA) is 78.4 Å². The van der Waals surface area contributed by atoms with Gasteiger partial charge in [-0.15, -0.1) is 0 Å². The smallest absolute Gasteiger partial charge is 0.335 e. The van der Waals surface area contributed by atoms with Crippen LogP contribution in [0.2, 0.25) is 0 Å². The lowest BCUT2D eigenvalue weighted by Gasteiger charge is -2.23. The Balaban J connectivity index is 2.03. The highest BCUT2D eigenvalue weighted by atomic mass is 16.4. The fraction of sp³-hybridized carbons (Fsp3) is 0.385. The van der Waals surface area contributed by atoms with Gasteiger partial charge in [0.1, 0.15) is 0 Å². The number of nitrogens with one attached hydrogen (secondary N) is 2. The van der Waals surface area contributed by atoms with Gasteiger partial charge in [-0.25, -0.2) is 4.79 Å². The van der Waals surface area contributed by atoms with E-state index < -0.39 is 5.97 Å². The standard InChI is InChI=1S/C13H16N2O3/c16-12(7-11-8-14-4-5-15-11)9-2-1-3-10(6-9)13(17)18/h1-3,6,11,14-15H,4-5,7-8H2,(H,17,18).